The number of rotatable bonds is 2. The number of aryl methyl sites for hydroxylation is 2. The van der Waals surface area contributed by atoms with Crippen LogP contribution < -0.4 is 5.73 Å². The van der Waals surface area contributed by atoms with Crippen molar-refractivity contribution < 1.29 is 5.11 Å². The molecule has 0 bridgehead atoms. The molecule has 1 aromatic heterocycles. The van der Waals surface area contributed by atoms with Crippen LogP contribution in [0.15, 0.2) is 36.7 Å². The Bertz CT molecular complexity index is 537. The molecular weight excluding hydrogens is 212 g/mol. The number of nitrogens with zero attached hydrogens (tertiary/aromatic N) is 1. The normalized spacial score (nSPS) is 12.4. The van der Waals surface area contributed by atoms with E-state index >= 15 is 0 Å². The minimum atomic E-state index is -0.719. The van der Waals surface area contributed by atoms with E-state index in [-0.39, 0.29) is 0 Å². The number of aliphatic hydroxyl groups is 1. The number of benzene rings is 1. The fourth-order valence-corrected chi connectivity index (χ4v) is 1.76. The van der Waals surface area contributed by atoms with Gasteiger partial charge in [-0.05, 0) is 36.6 Å². The predicted molar refractivity (Wildman–Crippen MR) is 68.6 cm³/mol. The second-order valence-corrected chi connectivity index (χ2v) is 4.25. The van der Waals surface area contributed by atoms with Crippen molar-refractivity contribution in [3.8, 4) is 0 Å². The molecule has 0 aliphatic rings. The van der Waals surface area contributed by atoms with Gasteiger partial charge in [-0.3, -0.25) is 4.98 Å². The highest BCUT2D eigenvalue weighted by Gasteiger charge is 2.13. The first-order valence-electron chi connectivity index (χ1n) is 5.54. The number of nitrogen functional groups attached to an aromatic ring is 1. The summed E-state index contributed by atoms with van der Waals surface area (Å²) in [5, 5.41) is 10.3. The molecule has 1 unspecified atom stereocenters. The number of anilines is 1. The molecule has 0 amide bonds. The topological polar surface area (TPSA) is 59.1 Å². The van der Waals surface area contributed by atoms with Crippen LogP contribution in [0.3, 0.4) is 0 Å². The van der Waals surface area contributed by atoms with Crippen LogP contribution in [-0.2, 0) is 0 Å². The van der Waals surface area contributed by atoms with Crippen molar-refractivity contribution in [1.82, 2.24) is 4.98 Å². The van der Waals surface area contributed by atoms with Crippen molar-refractivity contribution >= 4 is 5.69 Å². The molecule has 0 spiro atoms. The zero-order chi connectivity index (χ0) is 12.4. The van der Waals surface area contributed by atoms with E-state index < -0.39 is 6.10 Å². The molecule has 17 heavy (non-hydrogen) atoms. The third-order valence-electron chi connectivity index (χ3n) is 3.03. The van der Waals surface area contributed by atoms with Crippen LogP contribution in [0, 0.1) is 13.8 Å². The van der Waals surface area contributed by atoms with Crippen molar-refractivity contribution in [2.75, 3.05) is 5.73 Å². The molecular formula is C14H16N2O. The Morgan fingerprint density at radius 3 is 2.59 bits per heavy atom. The predicted octanol–water partition coefficient (Wildman–Crippen LogP) is 2.36. The number of aliphatic hydroxyl groups excluding tert-OH is 1. The van der Waals surface area contributed by atoms with Gasteiger partial charge in [-0.15, -0.1) is 0 Å². The van der Waals surface area contributed by atoms with Gasteiger partial charge < -0.3 is 10.8 Å². The summed E-state index contributed by atoms with van der Waals surface area (Å²) in [4.78, 5) is 3.99. The molecule has 0 fully saturated rings. The van der Waals surface area contributed by atoms with E-state index in [1.54, 1.807) is 18.5 Å². The van der Waals surface area contributed by atoms with Crippen LogP contribution in [0.5, 0.6) is 0 Å². The molecule has 0 aliphatic carbocycles. The van der Waals surface area contributed by atoms with Crippen molar-refractivity contribution in [1.29, 1.82) is 0 Å². The first-order chi connectivity index (χ1) is 8.09. The lowest BCUT2D eigenvalue weighted by atomic mass is 9.98. The maximum absolute atomic E-state index is 10.3. The highest BCUT2D eigenvalue weighted by molar-refractivity contribution is 5.49. The summed E-state index contributed by atoms with van der Waals surface area (Å²) < 4.78 is 0. The number of hydrogen-bond acceptors (Lipinski definition) is 3. The van der Waals surface area contributed by atoms with Gasteiger partial charge in [-0.1, -0.05) is 18.2 Å². The third-order valence-corrected chi connectivity index (χ3v) is 3.03. The zero-order valence-corrected chi connectivity index (χ0v) is 10.0. The van der Waals surface area contributed by atoms with Crippen LogP contribution in [0.1, 0.15) is 28.4 Å². The summed E-state index contributed by atoms with van der Waals surface area (Å²) in [5.74, 6) is 0. The lowest BCUT2D eigenvalue weighted by Gasteiger charge is -2.14. The van der Waals surface area contributed by atoms with E-state index in [1.807, 2.05) is 32.0 Å². The third kappa shape index (κ3) is 2.29. The summed E-state index contributed by atoms with van der Waals surface area (Å²) in [6, 6.07) is 7.59. The lowest BCUT2D eigenvalue weighted by Crippen LogP contribution is -2.04. The molecule has 1 aromatic carbocycles. The van der Waals surface area contributed by atoms with Crippen molar-refractivity contribution in [2.24, 2.45) is 0 Å². The summed E-state index contributed by atoms with van der Waals surface area (Å²) in [5.41, 5.74) is 10.2. The zero-order valence-electron chi connectivity index (χ0n) is 10.0. The second-order valence-electron chi connectivity index (χ2n) is 4.25. The van der Waals surface area contributed by atoms with Crippen LogP contribution in [0.4, 0.5) is 5.69 Å². The SMILES string of the molecule is Cc1ccc(C(O)c2cnccc2N)cc1C. The Balaban J connectivity index is 2.40. The maximum atomic E-state index is 10.3. The number of hydrogen-bond donors (Lipinski definition) is 2. The lowest BCUT2D eigenvalue weighted by molar-refractivity contribution is 0.220. The Kier molecular flexibility index (Phi) is 3.11. The largest absolute Gasteiger partial charge is 0.398 e. The quantitative estimate of drug-likeness (QED) is 0.829. The molecule has 3 N–H and O–H groups in total. The van der Waals surface area contributed by atoms with Crippen LogP contribution in [0.2, 0.25) is 0 Å². The van der Waals surface area contributed by atoms with Crippen molar-refractivity contribution in [2.45, 2.75) is 20.0 Å². The van der Waals surface area contributed by atoms with Gasteiger partial charge in [0, 0.05) is 23.6 Å². The van der Waals surface area contributed by atoms with Crippen LogP contribution in [-0.4, -0.2) is 10.1 Å². The van der Waals surface area contributed by atoms with Gasteiger partial charge in [0.2, 0.25) is 0 Å². The van der Waals surface area contributed by atoms with E-state index in [0.29, 0.717) is 11.3 Å². The highest BCUT2D eigenvalue weighted by atomic mass is 16.3. The fourth-order valence-electron chi connectivity index (χ4n) is 1.76. The maximum Gasteiger partial charge on any atom is 0.108 e. The minimum Gasteiger partial charge on any atom is -0.398 e. The smallest absolute Gasteiger partial charge is 0.108 e. The standard InChI is InChI=1S/C14H16N2O/c1-9-3-4-11(7-10(9)2)14(17)12-8-16-6-5-13(12)15/h3-8,14,17H,1-2H3,(H2,15,16). The van der Waals surface area contributed by atoms with E-state index in [1.165, 1.54) is 5.56 Å². The molecule has 3 nitrogen and oxygen atoms in total. The number of aromatic nitrogens is 1. The van der Waals surface area contributed by atoms with Crippen LogP contribution >= 0.6 is 0 Å². The first kappa shape index (κ1) is 11.6. The van der Waals surface area contributed by atoms with Gasteiger partial charge in [-0.2, -0.15) is 0 Å². The molecule has 0 aliphatic heterocycles. The molecule has 0 radical (unpaired) electrons. The number of pyridine rings is 1. The summed E-state index contributed by atoms with van der Waals surface area (Å²) >= 11 is 0. The average molecular weight is 228 g/mol. The van der Waals surface area contributed by atoms with E-state index in [9.17, 15) is 5.11 Å². The summed E-state index contributed by atoms with van der Waals surface area (Å²) in [7, 11) is 0. The summed E-state index contributed by atoms with van der Waals surface area (Å²) in [6.07, 6.45) is 2.50. The Morgan fingerprint density at radius 1 is 1.18 bits per heavy atom. The van der Waals surface area contributed by atoms with Gasteiger partial charge in [0.15, 0.2) is 0 Å². The van der Waals surface area contributed by atoms with Crippen molar-refractivity contribution in [3.05, 3.63) is 58.9 Å². The van der Waals surface area contributed by atoms with Gasteiger partial charge in [0.25, 0.3) is 0 Å². The van der Waals surface area contributed by atoms with Gasteiger partial charge in [0.1, 0.15) is 6.10 Å². The van der Waals surface area contributed by atoms with Crippen molar-refractivity contribution in [3.63, 3.8) is 0 Å². The monoisotopic (exact) mass is 228 g/mol. The van der Waals surface area contributed by atoms with E-state index in [0.717, 1.165) is 11.1 Å². The van der Waals surface area contributed by atoms with E-state index in [2.05, 4.69) is 4.98 Å². The molecule has 1 atom stereocenters. The van der Waals surface area contributed by atoms with E-state index in [4.69, 9.17) is 5.73 Å². The average Bonchev–Trinajstić information content (AvgIpc) is 2.32. The Labute approximate surface area is 101 Å². The summed E-state index contributed by atoms with van der Waals surface area (Å²) in [6.45, 7) is 4.07. The molecule has 0 saturated heterocycles. The molecule has 0 saturated carbocycles. The molecule has 2 rings (SSSR count). The molecule has 3 heteroatoms. The van der Waals surface area contributed by atoms with Gasteiger partial charge in [0.05, 0.1) is 0 Å². The molecule has 2 aromatic rings. The molecule has 88 valence electrons. The second kappa shape index (κ2) is 4.55. The Morgan fingerprint density at radius 2 is 1.94 bits per heavy atom. The minimum absolute atomic E-state index is 0.561. The fraction of sp³-hybridized carbons (Fsp3) is 0.214. The van der Waals surface area contributed by atoms with Gasteiger partial charge in [-0.25, -0.2) is 0 Å². The Hall–Kier alpha value is -1.87. The number of nitrogens with two attached hydrogens (primary N) is 1. The van der Waals surface area contributed by atoms with Gasteiger partial charge >= 0.3 is 0 Å². The highest BCUT2D eigenvalue weighted by Crippen LogP contribution is 2.26. The van der Waals surface area contributed by atoms with Crippen LogP contribution in [0.25, 0.3) is 0 Å². The first-order valence-corrected chi connectivity index (χ1v) is 5.54. The molecule has 1 heterocycles.